The first-order valence-electron chi connectivity index (χ1n) is 7.06. The minimum absolute atomic E-state index is 0.407. The monoisotopic (exact) mass is 272 g/mol. The molecule has 4 heteroatoms. The van der Waals surface area contributed by atoms with Crippen molar-refractivity contribution in [2.75, 3.05) is 19.4 Å². The highest BCUT2D eigenvalue weighted by Gasteiger charge is 2.05. The van der Waals surface area contributed by atoms with Gasteiger partial charge in [0.1, 0.15) is 0 Å². The van der Waals surface area contributed by atoms with Crippen molar-refractivity contribution in [1.82, 2.24) is 14.7 Å². The van der Waals surface area contributed by atoms with Gasteiger partial charge in [0.25, 0.3) is 0 Å². The summed E-state index contributed by atoms with van der Waals surface area (Å²) in [5.41, 5.74) is 3.71. The van der Waals surface area contributed by atoms with Crippen LogP contribution in [-0.2, 0) is 13.1 Å². The molecule has 0 spiro atoms. The minimum Gasteiger partial charge on any atom is -0.381 e. The lowest BCUT2D eigenvalue weighted by molar-refractivity contribution is 0.403. The van der Waals surface area contributed by atoms with Gasteiger partial charge in [-0.25, -0.2) is 0 Å². The maximum absolute atomic E-state index is 4.37. The van der Waals surface area contributed by atoms with E-state index in [1.165, 1.54) is 16.8 Å². The Kier molecular flexibility index (Phi) is 4.79. The Morgan fingerprint density at radius 3 is 2.65 bits per heavy atom. The Morgan fingerprint density at radius 1 is 1.25 bits per heavy atom. The van der Waals surface area contributed by atoms with E-state index in [4.69, 9.17) is 0 Å². The minimum atomic E-state index is 0.407. The molecule has 0 amide bonds. The van der Waals surface area contributed by atoms with Crippen LogP contribution in [0.1, 0.15) is 31.0 Å². The number of nitrogens with zero attached hydrogens (tertiary/aromatic N) is 3. The molecule has 0 aliphatic heterocycles. The van der Waals surface area contributed by atoms with Crippen LogP contribution < -0.4 is 5.32 Å². The average Bonchev–Trinajstić information content (AvgIpc) is 2.86. The van der Waals surface area contributed by atoms with Gasteiger partial charge in [0.05, 0.1) is 6.20 Å². The van der Waals surface area contributed by atoms with Crippen LogP contribution in [0.25, 0.3) is 0 Å². The van der Waals surface area contributed by atoms with Crippen molar-refractivity contribution < 1.29 is 0 Å². The first-order valence-corrected chi connectivity index (χ1v) is 7.06. The van der Waals surface area contributed by atoms with Crippen molar-refractivity contribution in [1.29, 1.82) is 0 Å². The summed E-state index contributed by atoms with van der Waals surface area (Å²) in [4.78, 5) is 2.18. The third-order valence-corrected chi connectivity index (χ3v) is 3.17. The smallest absolute Gasteiger partial charge is 0.0539 e. The van der Waals surface area contributed by atoms with Crippen LogP contribution in [0, 0.1) is 0 Å². The summed E-state index contributed by atoms with van der Waals surface area (Å²) in [6.07, 6.45) is 4.04. The van der Waals surface area contributed by atoms with Crippen molar-refractivity contribution in [2.24, 2.45) is 0 Å². The molecule has 2 aromatic rings. The number of aromatic nitrogens is 2. The zero-order chi connectivity index (χ0) is 14.5. The van der Waals surface area contributed by atoms with Gasteiger partial charge in [-0.15, -0.1) is 0 Å². The summed E-state index contributed by atoms with van der Waals surface area (Å²) >= 11 is 0. The largest absolute Gasteiger partial charge is 0.381 e. The molecule has 20 heavy (non-hydrogen) atoms. The number of para-hydroxylation sites is 1. The molecule has 1 aromatic carbocycles. The fourth-order valence-corrected chi connectivity index (χ4v) is 2.12. The number of anilines is 1. The first-order chi connectivity index (χ1) is 9.56. The lowest BCUT2D eigenvalue weighted by atomic mass is 10.1. The Labute approximate surface area is 121 Å². The molecule has 108 valence electrons. The van der Waals surface area contributed by atoms with Crippen LogP contribution in [0.5, 0.6) is 0 Å². The van der Waals surface area contributed by atoms with Crippen LogP contribution in [0.2, 0.25) is 0 Å². The van der Waals surface area contributed by atoms with Gasteiger partial charge in [0.15, 0.2) is 0 Å². The highest BCUT2D eigenvalue weighted by molar-refractivity contribution is 5.51. The summed E-state index contributed by atoms with van der Waals surface area (Å²) in [5.74, 6) is 0. The van der Waals surface area contributed by atoms with Crippen molar-refractivity contribution in [3.05, 3.63) is 47.8 Å². The van der Waals surface area contributed by atoms with Crippen molar-refractivity contribution in [3.63, 3.8) is 0 Å². The molecule has 0 aliphatic carbocycles. The molecular weight excluding hydrogens is 248 g/mol. The molecule has 0 radical (unpaired) electrons. The summed E-state index contributed by atoms with van der Waals surface area (Å²) in [5, 5.41) is 7.87. The molecule has 0 bridgehead atoms. The van der Waals surface area contributed by atoms with Gasteiger partial charge >= 0.3 is 0 Å². The molecule has 0 atom stereocenters. The summed E-state index contributed by atoms with van der Waals surface area (Å²) in [6.45, 7) is 6.01. The molecule has 4 nitrogen and oxygen atoms in total. The standard InChI is InChI=1S/C16H24N4/c1-13(2)20-11-14(10-18-20)9-17-16-8-6-5-7-15(16)12-19(3)4/h5-8,10-11,13,17H,9,12H2,1-4H3. The van der Waals surface area contributed by atoms with E-state index < -0.39 is 0 Å². The number of benzene rings is 1. The van der Waals surface area contributed by atoms with Gasteiger partial charge in [0.2, 0.25) is 0 Å². The highest BCUT2D eigenvalue weighted by atomic mass is 15.3. The van der Waals surface area contributed by atoms with Crippen LogP contribution >= 0.6 is 0 Å². The van der Waals surface area contributed by atoms with Gasteiger partial charge in [-0.1, -0.05) is 18.2 Å². The number of rotatable bonds is 6. The van der Waals surface area contributed by atoms with E-state index in [-0.39, 0.29) is 0 Å². The molecule has 1 heterocycles. The Bertz CT molecular complexity index is 543. The predicted octanol–water partition coefficient (Wildman–Crippen LogP) is 3.14. The Morgan fingerprint density at radius 2 is 2.00 bits per heavy atom. The average molecular weight is 272 g/mol. The van der Waals surface area contributed by atoms with Crippen LogP contribution in [0.3, 0.4) is 0 Å². The quantitative estimate of drug-likeness (QED) is 0.877. The van der Waals surface area contributed by atoms with Crippen LogP contribution in [0.4, 0.5) is 5.69 Å². The lowest BCUT2D eigenvalue weighted by Gasteiger charge is -2.15. The maximum Gasteiger partial charge on any atom is 0.0539 e. The third-order valence-electron chi connectivity index (χ3n) is 3.17. The number of hydrogen-bond acceptors (Lipinski definition) is 3. The number of hydrogen-bond donors (Lipinski definition) is 1. The topological polar surface area (TPSA) is 33.1 Å². The molecule has 0 unspecified atom stereocenters. The van der Waals surface area contributed by atoms with E-state index >= 15 is 0 Å². The fourth-order valence-electron chi connectivity index (χ4n) is 2.12. The summed E-state index contributed by atoms with van der Waals surface area (Å²) in [7, 11) is 4.17. The summed E-state index contributed by atoms with van der Waals surface area (Å²) in [6, 6.07) is 8.86. The van der Waals surface area contributed by atoms with Crippen LogP contribution in [-0.4, -0.2) is 28.8 Å². The molecular formula is C16H24N4. The van der Waals surface area contributed by atoms with E-state index in [1.54, 1.807) is 0 Å². The maximum atomic E-state index is 4.37. The van der Waals surface area contributed by atoms with E-state index in [9.17, 15) is 0 Å². The van der Waals surface area contributed by atoms with E-state index in [0.717, 1.165) is 13.1 Å². The van der Waals surface area contributed by atoms with Crippen molar-refractivity contribution in [3.8, 4) is 0 Å². The molecule has 2 rings (SSSR count). The SMILES string of the molecule is CC(C)n1cc(CNc2ccccc2CN(C)C)cn1. The Balaban J connectivity index is 2.02. The van der Waals surface area contributed by atoms with Crippen molar-refractivity contribution in [2.45, 2.75) is 33.0 Å². The second-order valence-electron chi connectivity index (χ2n) is 5.67. The second-order valence-corrected chi connectivity index (χ2v) is 5.67. The van der Waals surface area contributed by atoms with E-state index in [1.807, 2.05) is 10.9 Å². The van der Waals surface area contributed by atoms with Gasteiger partial charge in [-0.05, 0) is 39.6 Å². The third kappa shape index (κ3) is 3.84. The molecule has 0 saturated carbocycles. The first kappa shape index (κ1) is 14.6. The zero-order valence-corrected chi connectivity index (χ0v) is 12.8. The molecule has 1 aromatic heterocycles. The highest BCUT2D eigenvalue weighted by Crippen LogP contribution is 2.17. The van der Waals surface area contributed by atoms with Gasteiger partial charge in [-0.3, -0.25) is 4.68 Å². The predicted molar refractivity (Wildman–Crippen MR) is 83.8 cm³/mol. The molecule has 0 aliphatic rings. The fraction of sp³-hybridized carbons (Fsp3) is 0.438. The second kappa shape index (κ2) is 6.57. The number of nitrogens with one attached hydrogen (secondary N) is 1. The van der Waals surface area contributed by atoms with Gasteiger partial charge < -0.3 is 10.2 Å². The lowest BCUT2D eigenvalue weighted by Crippen LogP contribution is -2.12. The summed E-state index contributed by atoms with van der Waals surface area (Å²) < 4.78 is 1.99. The van der Waals surface area contributed by atoms with Crippen LogP contribution in [0.15, 0.2) is 36.7 Å². The van der Waals surface area contributed by atoms with Gasteiger partial charge in [-0.2, -0.15) is 5.10 Å². The molecule has 0 fully saturated rings. The zero-order valence-electron chi connectivity index (χ0n) is 12.8. The van der Waals surface area contributed by atoms with E-state index in [0.29, 0.717) is 6.04 Å². The normalized spacial score (nSPS) is 11.3. The van der Waals surface area contributed by atoms with E-state index in [2.05, 4.69) is 73.7 Å². The van der Waals surface area contributed by atoms with Crippen molar-refractivity contribution >= 4 is 5.69 Å². The van der Waals surface area contributed by atoms with Gasteiger partial charge in [0, 0.05) is 36.6 Å². The Hall–Kier alpha value is -1.81. The molecule has 1 N–H and O–H groups in total. The molecule has 0 saturated heterocycles.